The van der Waals surface area contributed by atoms with E-state index in [1.165, 1.54) is 0 Å². The van der Waals surface area contributed by atoms with E-state index < -0.39 is 0 Å². The fraction of sp³-hybridized carbons (Fsp3) is 0.0667. The molecule has 1 aromatic heterocycles. The molecule has 0 spiro atoms. The Morgan fingerprint density at radius 3 is 2.70 bits per heavy atom. The number of hydrogen-bond acceptors (Lipinski definition) is 3. The van der Waals surface area contributed by atoms with E-state index in [-0.39, 0.29) is 0 Å². The number of aromatic nitrogens is 2. The van der Waals surface area contributed by atoms with E-state index in [1.807, 2.05) is 34.9 Å². The van der Waals surface area contributed by atoms with Gasteiger partial charge in [-0.15, -0.1) is 0 Å². The summed E-state index contributed by atoms with van der Waals surface area (Å²) in [6.45, 7) is 0.702. The fourth-order valence-corrected chi connectivity index (χ4v) is 2.17. The molecule has 3 rings (SSSR count). The van der Waals surface area contributed by atoms with Gasteiger partial charge in [0.1, 0.15) is 0 Å². The Hall–Kier alpha value is -2.58. The van der Waals surface area contributed by atoms with Gasteiger partial charge >= 0.3 is 7.48 Å². The summed E-state index contributed by atoms with van der Waals surface area (Å²) in [4.78, 5) is 4.32. The van der Waals surface area contributed by atoms with Gasteiger partial charge in [0.25, 0.3) is 0 Å². The second kappa shape index (κ2) is 5.20. The van der Waals surface area contributed by atoms with E-state index in [4.69, 9.17) is 10.3 Å². The van der Waals surface area contributed by atoms with Gasteiger partial charge in [0.05, 0.1) is 29.0 Å². The fourth-order valence-electron chi connectivity index (χ4n) is 2.17. The van der Waals surface area contributed by atoms with Crippen molar-refractivity contribution in [3.8, 4) is 6.07 Å². The number of hydrogen-bond donors (Lipinski definition) is 1. The number of nitriles is 1. The molecule has 0 aliphatic heterocycles. The van der Waals surface area contributed by atoms with Crippen molar-refractivity contribution in [2.45, 2.75) is 6.54 Å². The van der Waals surface area contributed by atoms with Crippen molar-refractivity contribution in [2.75, 3.05) is 0 Å². The highest BCUT2D eigenvalue weighted by Crippen LogP contribution is 2.16. The van der Waals surface area contributed by atoms with Crippen molar-refractivity contribution in [3.05, 3.63) is 59.9 Å². The molecule has 1 radical (unpaired) electrons. The molecule has 0 amide bonds. The van der Waals surface area contributed by atoms with Crippen LogP contribution in [0, 0.1) is 11.3 Å². The average Bonchev–Trinajstić information content (AvgIpc) is 2.90. The lowest BCUT2D eigenvalue weighted by molar-refractivity contribution is 0.615. The molecule has 0 bridgehead atoms. The van der Waals surface area contributed by atoms with Gasteiger partial charge in [-0.2, -0.15) is 5.26 Å². The summed E-state index contributed by atoms with van der Waals surface area (Å²) < 4.78 is 2.04. The number of nitrogens with zero attached hydrogens (tertiary/aromatic N) is 3. The molecule has 0 atom stereocenters. The first kappa shape index (κ1) is 12.5. The van der Waals surface area contributed by atoms with E-state index >= 15 is 0 Å². The normalized spacial score (nSPS) is 10.4. The number of fused-ring (bicyclic) bond motifs is 1. The van der Waals surface area contributed by atoms with E-state index in [0.717, 1.165) is 29.5 Å². The third-order valence-corrected chi connectivity index (χ3v) is 3.23. The molecule has 0 unspecified atom stereocenters. The standard InChI is InChI=1S/C15H11BN3O/c17-8-12-3-6-15-14(7-12)18-10-19(15)9-11-1-4-13(16-20)5-2-11/h1-7,10,20H,9H2. The monoisotopic (exact) mass is 260 g/mol. The van der Waals surface area contributed by atoms with Crippen LogP contribution in [0.3, 0.4) is 0 Å². The first-order valence-electron chi connectivity index (χ1n) is 6.21. The molecule has 0 fully saturated rings. The lowest BCUT2D eigenvalue weighted by atomic mass is 9.88. The van der Waals surface area contributed by atoms with Gasteiger partial charge in [-0.05, 0) is 23.8 Å². The van der Waals surface area contributed by atoms with Crippen LogP contribution in [0.25, 0.3) is 11.0 Å². The molecule has 0 aliphatic rings. The van der Waals surface area contributed by atoms with E-state index in [9.17, 15) is 0 Å². The van der Waals surface area contributed by atoms with Crippen LogP contribution in [0.1, 0.15) is 11.1 Å². The predicted molar refractivity (Wildman–Crippen MR) is 77.6 cm³/mol. The largest absolute Gasteiger partial charge is 0.450 e. The molecule has 95 valence electrons. The van der Waals surface area contributed by atoms with Crippen molar-refractivity contribution >= 4 is 24.0 Å². The van der Waals surface area contributed by atoms with Crippen LogP contribution >= 0.6 is 0 Å². The summed E-state index contributed by atoms with van der Waals surface area (Å²) in [5.41, 5.74) is 4.35. The summed E-state index contributed by atoms with van der Waals surface area (Å²) in [5, 5.41) is 17.8. The van der Waals surface area contributed by atoms with Crippen molar-refractivity contribution in [3.63, 3.8) is 0 Å². The van der Waals surface area contributed by atoms with E-state index in [0.29, 0.717) is 12.1 Å². The van der Waals surface area contributed by atoms with Gasteiger partial charge in [0, 0.05) is 6.54 Å². The highest BCUT2D eigenvalue weighted by Gasteiger charge is 2.04. The van der Waals surface area contributed by atoms with E-state index in [2.05, 4.69) is 11.1 Å². The minimum atomic E-state index is 0.616. The van der Waals surface area contributed by atoms with Gasteiger partial charge < -0.3 is 9.59 Å². The van der Waals surface area contributed by atoms with Crippen LogP contribution in [0.5, 0.6) is 0 Å². The van der Waals surface area contributed by atoms with Crippen LogP contribution in [0.15, 0.2) is 48.8 Å². The Morgan fingerprint density at radius 2 is 2.00 bits per heavy atom. The zero-order chi connectivity index (χ0) is 13.9. The van der Waals surface area contributed by atoms with Crippen molar-refractivity contribution in [1.82, 2.24) is 9.55 Å². The van der Waals surface area contributed by atoms with Crippen molar-refractivity contribution < 1.29 is 5.02 Å². The third-order valence-electron chi connectivity index (χ3n) is 3.23. The van der Waals surface area contributed by atoms with Gasteiger partial charge in [0.2, 0.25) is 0 Å². The SMILES string of the molecule is N#Cc1ccc2c(c1)ncn2Cc1ccc([B]O)cc1. The molecule has 1 N–H and O–H groups in total. The van der Waals surface area contributed by atoms with Gasteiger partial charge in [-0.25, -0.2) is 4.98 Å². The molecule has 0 aliphatic carbocycles. The molecule has 0 saturated carbocycles. The summed E-state index contributed by atoms with van der Waals surface area (Å²) in [7, 11) is 1.08. The van der Waals surface area contributed by atoms with Crippen molar-refractivity contribution in [2.24, 2.45) is 0 Å². The lowest BCUT2D eigenvalue weighted by Gasteiger charge is -2.05. The topological polar surface area (TPSA) is 61.8 Å². The predicted octanol–water partition coefficient (Wildman–Crippen LogP) is 1.19. The van der Waals surface area contributed by atoms with E-state index in [1.54, 1.807) is 18.5 Å². The van der Waals surface area contributed by atoms with Gasteiger partial charge in [-0.1, -0.05) is 29.7 Å². The Balaban J connectivity index is 1.92. The molecule has 20 heavy (non-hydrogen) atoms. The molecular formula is C15H11BN3O. The first-order chi connectivity index (χ1) is 9.80. The summed E-state index contributed by atoms with van der Waals surface area (Å²) >= 11 is 0. The second-order valence-corrected chi connectivity index (χ2v) is 4.56. The molecule has 2 aromatic carbocycles. The Kier molecular flexibility index (Phi) is 3.24. The molecule has 4 nitrogen and oxygen atoms in total. The number of imidazole rings is 1. The van der Waals surface area contributed by atoms with Crippen LogP contribution in [-0.4, -0.2) is 22.1 Å². The number of rotatable bonds is 3. The number of benzene rings is 2. The lowest BCUT2D eigenvalue weighted by Crippen LogP contribution is -2.12. The molecular weight excluding hydrogens is 249 g/mol. The minimum absolute atomic E-state index is 0.616. The van der Waals surface area contributed by atoms with Gasteiger partial charge in [0.15, 0.2) is 0 Å². The molecule has 5 heteroatoms. The smallest absolute Gasteiger partial charge is 0.326 e. The van der Waals surface area contributed by atoms with Crippen LogP contribution in [0.2, 0.25) is 0 Å². The van der Waals surface area contributed by atoms with Crippen LogP contribution < -0.4 is 5.46 Å². The third kappa shape index (κ3) is 2.29. The zero-order valence-electron chi connectivity index (χ0n) is 10.7. The summed E-state index contributed by atoms with van der Waals surface area (Å²) in [6.07, 6.45) is 1.78. The first-order valence-corrected chi connectivity index (χ1v) is 6.21. The Morgan fingerprint density at radius 1 is 1.20 bits per heavy atom. The Bertz CT molecular complexity index is 787. The van der Waals surface area contributed by atoms with Crippen LogP contribution in [0.4, 0.5) is 0 Å². The molecule has 0 saturated heterocycles. The summed E-state index contributed by atoms with van der Waals surface area (Å²) in [5.74, 6) is 0. The van der Waals surface area contributed by atoms with Crippen molar-refractivity contribution in [1.29, 1.82) is 5.26 Å². The molecule has 1 heterocycles. The second-order valence-electron chi connectivity index (χ2n) is 4.56. The maximum absolute atomic E-state index is 8.91. The maximum atomic E-state index is 8.91. The highest BCUT2D eigenvalue weighted by atomic mass is 16.2. The highest BCUT2D eigenvalue weighted by molar-refractivity contribution is 6.45. The minimum Gasteiger partial charge on any atom is -0.450 e. The van der Waals surface area contributed by atoms with Gasteiger partial charge in [-0.3, -0.25) is 0 Å². The maximum Gasteiger partial charge on any atom is 0.326 e. The quantitative estimate of drug-likeness (QED) is 0.719. The Labute approximate surface area is 117 Å². The average molecular weight is 260 g/mol. The molecule has 3 aromatic rings. The van der Waals surface area contributed by atoms with Crippen LogP contribution in [-0.2, 0) is 6.54 Å². The summed E-state index contributed by atoms with van der Waals surface area (Å²) in [6, 6.07) is 15.3. The zero-order valence-corrected chi connectivity index (χ0v) is 10.7.